The molecule has 1 heterocycles. The van der Waals surface area contributed by atoms with Crippen molar-refractivity contribution in [3.63, 3.8) is 0 Å². The molecular weight excluding hydrogens is 583 g/mol. The van der Waals surface area contributed by atoms with Crippen molar-refractivity contribution < 1.29 is 0 Å². The van der Waals surface area contributed by atoms with Crippen molar-refractivity contribution in [2.45, 2.75) is 13.8 Å². The average molecular weight is 608 g/mol. The second-order valence-electron chi connectivity index (χ2n) is 12.8. The third kappa shape index (κ3) is 2.88. The van der Waals surface area contributed by atoms with Crippen LogP contribution in [0.15, 0.2) is 103 Å². The Labute approximate surface area is 266 Å². The minimum atomic E-state index is 1.00. The third-order valence-corrected chi connectivity index (χ3v) is 12.1. The Morgan fingerprint density at radius 1 is 0.489 bits per heavy atom. The average Bonchev–Trinajstić information content (AvgIpc) is 3.74. The van der Waals surface area contributed by atoms with Gasteiger partial charge in [0.25, 0.3) is 0 Å². The van der Waals surface area contributed by atoms with Crippen LogP contribution < -0.4 is 4.72 Å². The number of fused-ring (bicyclic) bond motifs is 7. The summed E-state index contributed by atoms with van der Waals surface area (Å²) in [7, 11) is 0. The summed E-state index contributed by atoms with van der Waals surface area (Å²) >= 11 is 6.11. The molecule has 0 atom stereocenters. The van der Waals surface area contributed by atoms with Crippen LogP contribution in [0.25, 0.3) is 64.3 Å². The first kappa shape index (κ1) is 24.5. The van der Waals surface area contributed by atoms with Gasteiger partial charge in [0.05, 0.1) is 0 Å². The van der Waals surface area contributed by atoms with E-state index in [9.17, 15) is 0 Å². The van der Waals surface area contributed by atoms with Crippen LogP contribution in [0.3, 0.4) is 0 Å². The molecule has 0 spiro atoms. The fourth-order valence-corrected chi connectivity index (χ4v) is 9.91. The molecule has 0 unspecified atom stereocenters. The number of hydrogen-bond donors (Lipinski definition) is 2. The summed E-state index contributed by atoms with van der Waals surface area (Å²) in [5.41, 5.74) is 4.95. The quantitative estimate of drug-likeness (QED) is 0.113. The Balaban J connectivity index is 1.36. The number of benzene rings is 8. The highest BCUT2D eigenvalue weighted by molar-refractivity contribution is 7.81. The summed E-state index contributed by atoms with van der Waals surface area (Å²) in [6.45, 7) is 4.48. The molecule has 0 amide bonds. The fraction of sp³-hybridized carbons (Fsp3) is 0.0476. The van der Waals surface area contributed by atoms with E-state index in [0.29, 0.717) is 0 Å². The molecule has 1 aromatic heterocycles. The first-order chi connectivity index (χ1) is 22.1. The zero-order chi connectivity index (χ0) is 29.7. The maximum Gasteiger partial charge on any atom is 0.0438 e. The van der Waals surface area contributed by atoms with Crippen LogP contribution in [-0.2, 0) is 0 Å². The monoisotopic (exact) mass is 607 g/mol. The Morgan fingerprint density at radius 3 is 1.89 bits per heavy atom. The van der Waals surface area contributed by atoms with E-state index in [2.05, 4.69) is 135 Å². The van der Waals surface area contributed by atoms with E-state index in [1.807, 2.05) is 11.3 Å². The molecule has 0 fully saturated rings. The summed E-state index contributed by atoms with van der Waals surface area (Å²) in [6.07, 6.45) is 0. The summed E-state index contributed by atoms with van der Waals surface area (Å²) < 4.78 is 4.31. The van der Waals surface area contributed by atoms with E-state index >= 15 is 0 Å². The molecule has 0 bridgehead atoms. The van der Waals surface area contributed by atoms with E-state index in [4.69, 9.17) is 0 Å². The number of rotatable bonds is 2. The normalized spacial score (nSPS) is 12.8. The van der Waals surface area contributed by atoms with E-state index in [1.54, 1.807) is 0 Å². The topological polar surface area (TPSA) is 12.0 Å². The molecular formula is C42H25NS2. The Bertz CT molecular complexity index is 3210. The molecule has 2 aliphatic rings. The number of thiophene rings is 1. The lowest BCUT2D eigenvalue weighted by Crippen LogP contribution is -1.91. The number of thiol groups is 1. The lowest BCUT2D eigenvalue weighted by molar-refractivity contribution is 1.30. The minimum Gasteiger partial charge on any atom is -0.332 e. The second kappa shape index (κ2) is 8.25. The molecule has 1 N–H and O–H groups in total. The molecule has 0 saturated carbocycles. The predicted molar refractivity (Wildman–Crippen MR) is 194 cm³/mol. The lowest BCUT2D eigenvalue weighted by atomic mass is 9.86. The zero-order valence-corrected chi connectivity index (χ0v) is 26.4. The third-order valence-electron chi connectivity index (χ3n) is 10.7. The largest absolute Gasteiger partial charge is 0.332 e. The fourth-order valence-electron chi connectivity index (χ4n) is 8.55. The summed E-state index contributed by atoms with van der Waals surface area (Å²) in [5.74, 6) is 0. The van der Waals surface area contributed by atoms with Gasteiger partial charge in [-0.2, -0.15) is 0 Å². The van der Waals surface area contributed by atoms with Crippen LogP contribution in [0.4, 0.5) is 5.69 Å². The van der Waals surface area contributed by atoms with Crippen molar-refractivity contribution in [2.24, 2.45) is 0 Å². The molecule has 210 valence electrons. The van der Waals surface area contributed by atoms with Crippen molar-refractivity contribution in [3.8, 4) is 10.4 Å². The van der Waals surface area contributed by atoms with Crippen LogP contribution in [0, 0.1) is 54.9 Å². The Kier molecular flexibility index (Phi) is 4.49. The number of nitrogens with one attached hydrogen (secondary N) is 1. The van der Waals surface area contributed by atoms with Gasteiger partial charge in [-0.05, 0) is 129 Å². The number of aryl methyl sites for hydroxylation is 2. The van der Waals surface area contributed by atoms with Gasteiger partial charge >= 0.3 is 0 Å². The molecule has 2 aliphatic carbocycles. The van der Waals surface area contributed by atoms with Gasteiger partial charge in [-0.1, -0.05) is 97.7 Å². The molecule has 0 aliphatic heterocycles. The van der Waals surface area contributed by atoms with Gasteiger partial charge in [0.2, 0.25) is 0 Å². The standard InChI is InChI=1S/C42H25NS2/c1-20-17-32-28-12-11-27-26-14-16-31-38-29(34-19-35(45-42(31)34)22-7-9-23(43-44)10-8-22)13-15-30(36(26)38)37-24-5-3-4-6-25(24)39(41(28)40(27)37)33(32)18-21(20)2/h3-19,43-44H,1-2H3. The highest BCUT2D eigenvalue weighted by atomic mass is 32.1. The summed E-state index contributed by atoms with van der Waals surface area (Å²) in [5, 5.41) is 23.5. The highest BCUT2D eigenvalue weighted by Gasteiger charge is 2.22. The molecule has 11 rings (SSSR count). The smallest absolute Gasteiger partial charge is 0.0438 e. The Morgan fingerprint density at radius 2 is 1.11 bits per heavy atom. The zero-order valence-electron chi connectivity index (χ0n) is 24.7. The van der Waals surface area contributed by atoms with E-state index in [-0.39, 0.29) is 0 Å². The van der Waals surface area contributed by atoms with Gasteiger partial charge in [-0.3, -0.25) is 0 Å². The van der Waals surface area contributed by atoms with E-state index in [0.717, 1.165) is 5.69 Å². The van der Waals surface area contributed by atoms with Gasteiger partial charge in [-0.25, -0.2) is 0 Å². The molecule has 45 heavy (non-hydrogen) atoms. The van der Waals surface area contributed by atoms with Crippen molar-refractivity contribution >= 4 is 83.7 Å². The van der Waals surface area contributed by atoms with Crippen molar-refractivity contribution in [1.82, 2.24) is 0 Å². The highest BCUT2D eigenvalue weighted by Crippen LogP contribution is 2.47. The van der Waals surface area contributed by atoms with Crippen molar-refractivity contribution in [2.75, 3.05) is 4.72 Å². The molecule has 8 aromatic carbocycles. The molecule has 9 aromatic rings. The molecule has 3 heteroatoms. The van der Waals surface area contributed by atoms with Crippen LogP contribution >= 0.6 is 24.2 Å². The molecule has 0 saturated heterocycles. The van der Waals surface area contributed by atoms with Gasteiger partial charge in [0.15, 0.2) is 0 Å². The summed E-state index contributed by atoms with van der Waals surface area (Å²) in [4.78, 5) is 1.30. The lowest BCUT2D eigenvalue weighted by Gasteiger charge is -2.17. The number of hydrogen-bond acceptors (Lipinski definition) is 3. The van der Waals surface area contributed by atoms with E-state index in [1.165, 1.54) is 116 Å². The maximum absolute atomic E-state index is 4.20. The first-order valence-corrected chi connectivity index (χ1v) is 16.8. The second-order valence-corrected chi connectivity index (χ2v) is 14.1. The van der Waals surface area contributed by atoms with Crippen LogP contribution in [0.2, 0.25) is 0 Å². The molecule has 1 nitrogen and oxygen atoms in total. The van der Waals surface area contributed by atoms with Gasteiger partial charge in [0, 0.05) is 25.5 Å². The van der Waals surface area contributed by atoms with Crippen molar-refractivity contribution in [3.05, 3.63) is 155 Å². The van der Waals surface area contributed by atoms with Gasteiger partial charge in [-0.15, -0.1) is 11.3 Å². The van der Waals surface area contributed by atoms with E-state index < -0.39 is 0 Å². The predicted octanol–water partition coefficient (Wildman–Crippen LogP) is 11.3. The maximum atomic E-state index is 4.20. The van der Waals surface area contributed by atoms with Gasteiger partial charge in [0.1, 0.15) is 0 Å². The van der Waals surface area contributed by atoms with Crippen LogP contribution in [0.1, 0.15) is 11.1 Å². The SMILES string of the molecule is Cc1cc2c(cc1C)=c1c3ccccc3c3c4ccc5c6c(ccc(c7ccc=2c1c73)c64)=c1sc(-c2ccc(NS)cc2)cc1=5. The Hall–Kier alpha value is -4.83. The first-order valence-electron chi connectivity index (χ1n) is 15.5. The van der Waals surface area contributed by atoms with Gasteiger partial charge < -0.3 is 4.72 Å². The molecule has 0 radical (unpaired) electrons. The van der Waals surface area contributed by atoms with Crippen LogP contribution in [-0.4, -0.2) is 0 Å². The number of anilines is 1. The summed E-state index contributed by atoms with van der Waals surface area (Å²) in [6, 6.07) is 39.3. The van der Waals surface area contributed by atoms with Crippen molar-refractivity contribution in [1.29, 1.82) is 0 Å². The van der Waals surface area contributed by atoms with Crippen LogP contribution in [0.5, 0.6) is 0 Å². The minimum absolute atomic E-state index is 1.00.